The molecule has 0 aliphatic carbocycles. The lowest BCUT2D eigenvalue weighted by Gasteiger charge is -2.15. The standard InChI is InChI=1S/C35H48N4O9S2/c1-36-26-33(34(40)44-2)39-50(43)32-16-12-30(13-17-32)29-10-14-31(15-11-29)49(42)38-19-7-21-46-23-25-47-24-22-45-20-6-18-37-35(41)48-27-28-8-4-3-5-9-28/h3-5,8-17,33,36,38-39H,6-7,18-27H2,1-2H3,(H,37,41). The molecular formula is C35H48N4O9S2. The van der Waals surface area contributed by atoms with Crippen LogP contribution >= 0.6 is 0 Å². The molecule has 0 aliphatic rings. The molecule has 13 nitrogen and oxygen atoms in total. The summed E-state index contributed by atoms with van der Waals surface area (Å²) < 4.78 is 57.7. The number of amides is 1. The van der Waals surface area contributed by atoms with E-state index in [0.29, 0.717) is 75.4 Å². The predicted molar refractivity (Wildman–Crippen MR) is 192 cm³/mol. The van der Waals surface area contributed by atoms with Gasteiger partial charge in [0.2, 0.25) is 0 Å². The summed E-state index contributed by atoms with van der Waals surface area (Å²) in [5, 5.41) is 5.58. The first-order valence-electron chi connectivity index (χ1n) is 16.3. The van der Waals surface area contributed by atoms with Crippen LogP contribution in [-0.4, -0.2) is 100.0 Å². The maximum absolute atomic E-state index is 12.7. The highest BCUT2D eigenvalue weighted by atomic mass is 32.2. The van der Waals surface area contributed by atoms with Crippen molar-refractivity contribution in [2.24, 2.45) is 0 Å². The Hall–Kier alpha value is -3.54. The molecule has 3 atom stereocenters. The number of benzene rings is 3. The van der Waals surface area contributed by atoms with E-state index in [-0.39, 0.29) is 13.2 Å². The van der Waals surface area contributed by atoms with Gasteiger partial charge >= 0.3 is 12.1 Å². The average Bonchev–Trinajstić information content (AvgIpc) is 3.15. The van der Waals surface area contributed by atoms with Crippen molar-refractivity contribution < 1.29 is 41.7 Å². The smallest absolute Gasteiger partial charge is 0.407 e. The second-order valence-electron chi connectivity index (χ2n) is 10.8. The molecule has 3 unspecified atom stereocenters. The number of carbonyl (C=O) groups is 2. The topological polar surface area (TPSA) is 163 Å². The highest BCUT2D eigenvalue weighted by Crippen LogP contribution is 2.22. The van der Waals surface area contributed by atoms with Gasteiger partial charge in [0.05, 0.1) is 43.3 Å². The Labute approximate surface area is 299 Å². The zero-order valence-corrected chi connectivity index (χ0v) is 30.2. The fourth-order valence-electron chi connectivity index (χ4n) is 4.36. The molecule has 50 heavy (non-hydrogen) atoms. The monoisotopic (exact) mass is 732 g/mol. The van der Waals surface area contributed by atoms with Gasteiger partial charge in [-0.15, -0.1) is 0 Å². The molecule has 3 aromatic rings. The van der Waals surface area contributed by atoms with Crippen molar-refractivity contribution >= 4 is 34.0 Å². The molecule has 0 spiro atoms. The van der Waals surface area contributed by atoms with Gasteiger partial charge in [-0.3, -0.25) is 4.79 Å². The third-order valence-corrected chi connectivity index (χ3v) is 9.37. The Balaban J connectivity index is 1.17. The van der Waals surface area contributed by atoms with Gasteiger partial charge in [0.1, 0.15) is 34.6 Å². The molecular weight excluding hydrogens is 685 g/mol. The molecule has 3 aromatic carbocycles. The molecule has 0 aromatic heterocycles. The lowest BCUT2D eigenvalue weighted by atomic mass is 10.1. The van der Waals surface area contributed by atoms with Crippen LogP contribution in [0.3, 0.4) is 0 Å². The van der Waals surface area contributed by atoms with E-state index in [2.05, 4.69) is 20.1 Å². The predicted octanol–water partition coefficient (Wildman–Crippen LogP) is 3.10. The quantitative estimate of drug-likeness (QED) is 0.0753. The Morgan fingerprint density at radius 3 is 1.80 bits per heavy atom. The molecule has 0 saturated carbocycles. The molecule has 0 radical (unpaired) electrons. The van der Waals surface area contributed by atoms with Crippen molar-refractivity contribution in [2.45, 2.75) is 35.3 Å². The minimum Gasteiger partial charge on any atom is -0.468 e. The van der Waals surface area contributed by atoms with Crippen molar-refractivity contribution in [3.05, 3.63) is 84.4 Å². The van der Waals surface area contributed by atoms with E-state index in [1.807, 2.05) is 66.7 Å². The highest BCUT2D eigenvalue weighted by molar-refractivity contribution is 7.83. The summed E-state index contributed by atoms with van der Waals surface area (Å²) >= 11 is 0. The van der Waals surface area contributed by atoms with Gasteiger partial charge in [-0.05, 0) is 60.8 Å². The van der Waals surface area contributed by atoms with Crippen molar-refractivity contribution in [1.82, 2.24) is 20.1 Å². The van der Waals surface area contributed by atoms with Gasteiger partial charge in [0.25, 0.3) is 0 Å². The first kappa shape index (κ1) is 40.9. The second-order valence-corrected chi connectivity index (χ2v) is 13.3. The van der Waals surface area contributed by atoms with Gasteiger partial charge in [-0.2, -0.15) is 0 Å². The van der Waals surface area contributed by atoms with Gasteiger partial charge in [0, 0.05) is 32.8 Å². The Morgan fingerprint density at radius 1 is 0.700 bits per heavy atom. The number of nitrogens with one attached hydrogen (secondary N) is 4. The minimum absolute atomic E-state index is 0.241. The van der Waals surface area contributed by atoms with E-state index in [0.717, 1.165) is 16.7 Å². The number of carbonyl (C=O) groups excluding carboxylic acids is 2. The summed E-state index contributed by atoms with van der Waals surface area (Å²) in [4.78, 5) is 24.8. The normalized spacial score (nSPS) is 12.9. The van der Waals surface area contributed by atoms with Crippen LogP contribution in [0.5, 0.6) is 0 Å². The lowest BCUT2D eigenvalue weighted by Crippen LogP contribution is -2.45. The lowest BCUT2D eigenvalue weighted by molar-refractivity contribution is -0.142. The van der Waals surface area contributed by atoms with E-state index in [1.165, 1.54) is 7.11 Å². The van der Waals surface area contributed by atoms with E-state index in [4.69, 9.17) is 23.7 Å². The Bertz CT molecular complexity index is 1450. The maximum atomic E-state index is 12.7. The molecule has 0 fully saturated rings. The number of ether oxygens (including phenoxy) is 5. The van der Waals surface area contributed by atoms with E-state index >= 15 is 0 Å². The fourth-order valence-corrected chi connectivity index (χ4v) is 6.20. The van der Waals surface area contributed by atoms with E-state index in [9.17, 15) is 18.0 Å². The molecule has 0 saturated heterocycles. The van der Waals surface area contributed by atoms with Crippen molar-refractivity contribution in [3.63, 3.8) is 0 Å². The third-order valence-electron chi connectivity index (χ3n) is 7.00. The summed E-state index contributed by atoms with van der Waals surface area (Å²) in [5.74, 6) is -0.496. The maximum Gasteiger partial charge on any atom is 0.407 e. The largest absolute Gasteiger partial charge is 0.468 e. The number of likely N-dealkylation sites (N-methyl/N-ethyl adjacent to an activating group) is 1. The zero-order chi connectivity index (χ0) is 35.8. The molecule has 0 aliphatic heterocycles. The van der Waals surface area contributed by atoms with Crippen LogP contribution in [0.15, 0.2) is 88.7 Å². The van der Waals surface area contributed by atoms with Crippen LogP contribution in [-0.2, 0) is 57.1 Å². The average molecular weight is 733 g/mol. The van der Waals surface area contributed by atoms with Crippen molar-refractivity contribution in [2.75, 3.05) is 73.4 Å². The van der Waals surface area contributed by atoms with Crippen molar-refractivity contribution in [1.29, 1.82) is 0 Å². The van der Waals surface area contributed by atoms with Crippen LogP contribution in [0.1, 0.15) is 18.4 Å². The molecule has 15 heteroatoms. The molecule has 1 amide bonds. The summed E-state index contributed by atoms with van der Waals surface area (Å²) in [6, 6.07) is 23.3. The summed E-state index contributed by atoms with van der Waals surface area (Å²) in [6.45, 7) is 4.36. The number of hydrogen-bond donors (Lipinski definition) is 4. The summed E-state index contributed by atoms with van der Waals surface area (Å²) in [7, 11) is 0.0284. The molecule has 4 N–H and O–H groups in total. The van der Waals surface area contributed by atoms with E-state index in [1.54, 1.807) is 19.2 Å². The van der Waals surface area contributed by atoms with Crippen LogP contribution in [0.25, 0.3) is 11.1 Å². The number of esters is 1. The number of alkyl carbamates (subject to hydrolysis) is 1. The van der Waals surface area contributed by atoms with Gasteiger partial charge in [-0.25, -0.2) is 22.7 Å². The van der Waals surface area contributed by atoms with Crippen LogP contribution in [0, 0.1) is 0 Å². The summed E-state index contributed by atoms with van der Waals surface area (Å²) in [6.07, 6.45) is 0.919. The number of rotatable bonds is 25. The van der Waals surface area contributed by atoms with Crippen LogP contribution in [0.2, 0.25) is 0 Å². The summed E-state index contributed by atoms with van der Waals surface area (Å²) in [5.41, 5.74) is 2.77. The first-order chi connectivity index (χ1) is 24.4. The molecule has 0 heterocycles. The van der Waals surface area contributed by atoms with Crippen LogP contribution < -0.4 is 20.1 Å². The number of hydrogen-bond acceptors (Lipinski definition) is 10. The zero-order valence-electron chi connectivity index (χ0n) is 28.6. The van der Waals surface area contributed by atoms with Crippen LogP contribution in [0.4, 0.5) is 4.79 Å². The Morgan fingerprint density at radius 2 is 1.24 bits per heavy atom. The Kier molecular flexibility index (Phi) is 20.1. The highest BCUT2D eigenvalue weighted by Gasteiger charge is 2.21. The van der Waals surface area contributed by atoms with Crippen molar-refractivity contribution in [3.8, 4) is 11.1 Å². The third kappa shape index (κ3) is 16.0. The minimum atomic E-state index is -1.60. The molecule has 0 bridgehead atoms. The van der Waals surface area contributed by atoms with Gasteiger partial charge in [-0.1, -0.05) is 54.6 Å². The molecule has 3 rings (SSSR count). The number of methoxy groups -OCH3 is 1. The fraction of sp³-hybridized carbons (Fsp3) is 0.429. The van der Waals surface area contributed by atoms with Gasteiger partial charge in [0.15, 0.2) is 0 Å². The van der Waals surface area contributed by atoms with E-state index < -0.39 is 40.1 Å². The first-order valence-corrected chi connectivity index (χ1v) is 18.6. The van der Waals surface area contributed by atoms with Gasteiger partial charge < -0.3 is 34.3 Å². The SMILES string of the molecule is CNCC(NS(=O)c1ccc(-c2ccc(S(=O)NCCCOCCOCCOCCCNC(=O)OCc3ccccc3)cc2)cc1)C(=O)OC. The molecule has 274 valence electrons. The second kappa shape index (κ2) is 24.6.